The van der Waals surface area contributed by atoms with E-state index in [0.717, 1.165) is 25.7 Å². The van der Waals surface area contributed by atoms with Crippen LogP contribution in [-0.4, -0.2) is 4.98 Å². The van der Waals surface area contributed by atoms with Gasteiger partial charge in [-0.15, -0.1) is 11.3 Å². The van der Waals surface area contributed by atoms with E-state index in [1.165, 1.54) is 6.20 Å². The molecule has 1 aliphatic rings. The zero-order valence-electron chi connectivity index (χ0n) is 12.3. The normalized spacial score (nSPS) is 25.3. The summed E-state index contributed by atoms with van der Waals surface area (Å²) in [7, 11) is 0. The van der Waals surface area contributed by atoms with Gasteiger partial charge < -0.3 is 0 Å². The summed E-state index contributed by atoms with van der Waals surface area (Å²) in [5, 5.41) is -0.798. The van der Waals surface area contributed by atoms with Crippen molar-refractivity contribution in [3.8, 4) is 0 Å². The average Bonchev–Trinajstić information content (AvgIpc) is 2.90. The third kappa shape index (κ3) is 3.96. The van der Waals surface area contributed by atoms with E-state index < -0.39 is 11.2 Å². The molecule has 1 aliphatic carbocycles. The van der Waals surface area contributed by atoms with Gasteiger partial charge in [0.25, 0.3) is 0 Å². The predicted molar refractivity (Wildman–Crippen MR) is 77.5 cm³/mol. The average molecular weight is 321 g/mol. The third-order valence-electron chi connectivity index (χ3n) is 4.48. The summed E-state index contributed by atoms with van der Waals surface area (Å²) in [5.74, 6) is 7.26. The van der Waals surface area contributed by atoms with Gasteiger partial charge in [-0.05, 0) is 43.4 Å². The van der Waals surface area contributed by atoms with Crippen molar-refractivity contribution in [1.29, 1.82) is 0 Å². The Morgan fingerprint density at radius 1 is 1.24 bits per heavy atom. The number of nitrogens with zero attached hydrogens (tertiary/aromatic N) is 1. The van der Waals surface area contributed by atoms with Crippen LogP contribution in [0.1, 0.15) is 55.5 Å². The number of halogens is 3. The molecule has 3 N–H and O–H groups in total. The number of nitrogens with two attached hydrogens (primary N) is 1. The molecule has 120 valence electrons. The van der Waals surface area contributed by atoms with Crippen molar-refractivity contribution in [2.75, 3.05) is 0 Å². The van der Waals surface area contributed by atoms with E-state index in [1.54, 1.807) is 0 Å². The SMILES string of the molecule is CC(C)C1CCC(C(NN)c2cnc(C(F)(F)F)s2)CC1. The summed E-state index contributed by atoms with van der Waals surface area (Å²) in [6, 6.07) is -0.230. The lowest BCUT2D eigenvalue weighted by Crippen LogP contribution is -2.35. The van der Waals surface area contributed by atoms with Gasteiger partial charge in [0.05, 0.1) is 6.04 Å². The Bertz CT molecular complexity index is 451. The van der Waals surface area contributed by atoms with Crippen LogP contribution in [0.25, 0.3) is 0 Å². The molecule has 1 heterocycles. The van der Waals surface area contributed by atoms with Crippen LogP contribution < -0.4 is 11.3 Å². The van der Waals surface area contributed by atoms with Crippen molar-refractivity contribution in [2.24, 2.45) is 23.6 Å². The van der Waals surface area contributed by atoms with Gasteiger partial charge in [-0.2, -0.15) is 13.2 Å². The monoisotopic (exact) mass is 321 g/mol. The molecule has 2 rings (SSSR count). The van der Waals surface area contributed by atoms with Crippen LogP contribution in [0.4, 0.5) is 13.2 Å². The van der Waals surface area contributed by atoms with Crippen molar-refractivity contribution in [2.45, 2.75) is 51.7 Å². The molecule has 1 atom stereocenters. The number of thiazole rings is 1. The summed E-state index contributed by atoms with van der Waals surface area (Å²) < 4.78 is 37.9. The lowest BCUT2D eigenvalue weighted by Gasteiger charge is -2.34. The van der Waals surface area contributed by atoms with Crippen molar-refractivity contribution < 1.29 is 13.2 Å². The Kier molecular flexibility index (Phi) is 5.27. The molecule has 21 heavy (non-hydrogen) atoms. The molecule has 1 aromatic heterocycles. The van der Waals surface area contributed by atoms with Gasteiger partial charge in [0.2, 0.25) is 0 Å². The molecule has 0 amide bonds. The third-order valence-corrected chi connectivity index (χ3v) is 5.61. The predicted octanol–water partition coefficient (Wildman–Crippen LogP) is 4.13. The summed E-state index contributed by atoms with van der Waals surface area (Å²) in [6.07, 6.45) is 1.16. The van der Waals surface area contributed by atoms with E-state index in [-0.39, 0.29) is 12.0 Å². The van der Waals surface area contributed by atoms with E-state index in [9.17, 15) is 13.2 Å². The lowest BCUT2D eigenvalue weighted by molar-refractivity contribution is -0.137. The van der Waals surface area contributed by atoms with Crippen LogP contribution in [0.2, 0.25) is 0 Å². The van der Waals surface area contributed by atoms with E-state index in [1.807, 2.05) is 0 Å². The Balaban J connectivity index is 2.05. The lowest BCUT2D eigenvalue weighted by atomic mass is 9.74. The molecule has 0 aromatic carbocycles. The first-order valence-corrected chi connectivity index (χ1v) is 8.13. The number of hydrazine groups is 1. The van der Waals surface area contributed by atoms with E-state index in [2.05, 4.69) is 24.3 Å². The first kappa shape index (κ1) is 16.7. The molecular weight excluding hydrogens is 299 g/mol. The maximum Gasteiger partial charge on any atom is 0.443 e. The summed E-state index contributed by atoms with van der Waals surface area (Å²) in [6.45, 7) is 4.45. The smallest absolute Gasteiger partial charge is 0.271 e. The second-order valence-corrected chi connectivity index (χ2v) is 7.19. The largest absolute Gasteiger partial charge is 0.443 e. The van der Waals surface area contributed by atoms with Crippen LogP contribution in [0.3, 0.4) is 0 Å². The highest BCUT2D eigenvalue weighted by Gasteiger charge is 2.36. The minimum Gasteiger partial charge on any atom is -0.271 e. The molecule has 0 radical (unpaired) electrons. The number of hydrogen-bond donors (Lipinski definition) is 2. The second-order valence-electron chi connectivity index (χ2n) is 6.13. The highest BCUT2D eigenvalue weighted by molar-refractivity contribution is 7.11. The molecule has 1 aromatic rings. The number of aromatic nitrogens is 1. The van der Waals surface area contributed by atoms with Crippen LogP contribution in [0.15, 0.2) is 6.20 Å². The number of alkyl halides is 3. The molecule has 3 nitrogen and oxygen atoms in total. The van der Waals surface area contributed by atoms with Gasteiger partial charge in [-0.3, -0.25) is 11.3 Å². The van der Waals surface area contributed by atoms with E-state index in [0.29, 0.717) is 28.0 Å². The summed E-state index contributed by atoms with van der Waals surface area (Å²) >= 11 is 0.695. The van der Waals surface area contributed by atoms with E-state index >= 15 is 0 Å². The fourth-order valence-corrected chi connectivity index (χ4v) is 4.09. The minimum atomic E-state index is -4.38. The topological polar surface area (TPSA) is 50.9 Å². The van der Waals surface area contributed by atoms with Gasteiger partial charge in [0, 0.05) is 11.1 Å². The first-order valence-electron chi connectivity index (χ1n) is 7.32. The van der Waals surface area contributed by atoms with Crippen LogP contribution in [-0.2, 0) is 6.18 Å². The molecular formula is C14H22F3N3S. The van der Waals surface area contributed by atoms with E-state index in [4.69, 9.17) is 5.84 Å². The Morgan fingerprint density at radius 2 is 1.81 bits per heavy atom. The molecule has 1 fully saturated rings. The zero-order chi connectivity index (χ0) is 15.6. The van der Waals surface area contributed by atoms with Crippen molar-refractivity contribution in [3.63, 3.8) is 0 Å². The standard InChI is InChI=1S/C14H22F3N3S/c1-8(2)9-3-5-10(6-4-9)12(20-18)11-7-19-13(21-11)14(15,16)17/h7-10,12,20H,3-6,18H2,1-2H3. The number of rotatable bonds is 4. The van der Waals surface area contributed by atoms with Crippen molar-refractivity contribution in [3.05, 3.63) is 16.1 Å². The maximum absolute atomic E-state index is 12.6. The fraction of sp³-hybridized carbons (Fsp3) is 0.786. The Hall–Kier alpha value is -0.660. The van der Waals surface area contributed by atoms with Gasteiger partial charge in [-0.1, -0.05) is 13.8 Å². The Labute approximate surface area is 127 Å². The highest BCUT2D eigenvalue weighted by atomic mass is 32.1. The molecule has 1 saturated carbocycles. The second kappa shape index (κ2) is 6.62. The number of hydrogen-bond acceptors (Lipinski definition) is 4. The van der Waals surface area contributed by atoms with Gasteiger partial charge in [0.15, 0.2) is 5.01 Å². The highest BCUT2D eigenvalue weighted by Crippen LogP contribution is 2.42. The van der Waals surface area contributed by atoms with Crippen molar-refractivity contribution in [1.82, 2.24) is 10.4 Å². The minimum absolute atomic E-state index is 0.230. The fourth-order valence-electron chi connectivity index (χ4n) is 3.16. The molecule has 0 bridgehead atoms. The molecule has 1 unspecified atom stereocenters. The molecule has 7 heteroatoms. The van der Waals surface area contributed by atoms with Crippen molar-refractivity contribution >= 4 is 11.3 Å². The number of nitrogens with one attached hydrogen (secondary N) is 1. The first-order chi connectivity index (χ1) is 9.82. The van der Waals surface area contributed by atoms with Crippen LogP contribution in [0.5, 0.6) is 0 Å². The zero-order valence-corrected chi connectivity index (χ0v) is 13.1. The van der Waals surface area contributed by atoms with Gasteiger partial charge in [0.1, 0.15) is 0 Å². The molecule has 0 spiro atoms. The van der Waals surface area contributed by atoms with Crippen LogP contribution in [0, 0.1) is 17.8 Å². The quantitative estimate of drug-likeness (QED) is 0.647. The summed E-state index contributed by atoms with van der Waals surface area (Å²) in [4.78, 5) is 4.07. The van der Waals surface area contributed by atoms with Crippen LogP contribution >= 0.6 is 11.3 Å². The van der Waals surface area contributed by atoms with Gasteiger partial charge in [-0.25, -0.2) is 4.98 Å². The van der Waals surface area contributed by atoms with Gasteiger partial charge >= 0.3 is 6.18 Å². The Morgan fingerprint density at radius 3 is 2.24 bits per heavy atom. The summed E-state index contributed by atoms with van der Waals surface area (Å²) in [5.41, 5.74) is 2.70. The maximum atomic E-state index is 12.6. The molecule has 0 saturated heterocycles. The molecule has 0 aliphatic heterocycles.